The van der Waals surface area contributed by atoms with Crippen LogP contribution in [0.15, 0.2) is 24.3 Å². The van der Waals surface area contributed by atoms with E-state index in [1.54, 1.807) is 7.11 Å². The second-order valence-electron chi connectivity index (χ2n) is 3.62. The van der Waals surface area contributed by atoms with Crippen LogP contribution >= 0.6 is 0 Å². The van der Waals surface area contributed by atoms with Crippen LogP contribution in [0.4, 0.5) is 0 Å². The van der Waals surface area contributed by atoms with Gasteiger partial charge in [0, 0.05) is 6.42 Å². The smallest absolute Gasteiger partial charge is 0.120 e. The second-order valence-corrected chi connectivity index (χ2v) is 3.62. The highest BCUT2D eigenvalue weighted by Crippen LogP contribution is 2.25. The highest BCUT2D eigenvalue weighted by atomic mass is 16.5. The van der Waals surface area contributed by atoms with Gasteiger partial charge in [-0.3, -0.25) is 0 Å². The molecule has 0 heterocycles. The average molecular weight is 206 g/mol. The van der Waals surface area contributed by atoms with Gasteiger partial charge in [0.2, 0.25) is 0 Å². The van der Waals surface area contributed by atoms with Gasteiger partial charge in [0.25, 0.3) is 0 Å². The van der Waals surface area contributed by atoms with Crippen LogP contribution in [0.2, 0.25) is 0 Å². The molecule has 0 aliphatic rings. The number of methoxy groups -OCH3 is 1. The molecule has 0 spiro atoms. The van der Waals surface area contributed by atoms with E-state index in [2.05, 4.69) is 19.1 Å². The van der Waals surface area contributed by atoms with Gasteiger partial charge in [-0.2, -0.15) is 0 Å². The molecule has 2 heteroatoms. The molecule has 1 aromatic carbocycles. The predicted molar refractivity (Wildman–Crippen MR) is 61.3 cm³/mol. The second kappa shape index (κ2) is 6.23. The Morgan fingerprint density at radius 2 is 2.00 bits per heavy atom. The van der Waals surface area contributed by atoms with Gasteiger partial charge in [0.15, 0.2) is 0 Å². The molecule has 1 atom stereocenters. The lowest BCUT2D eigenvalue weighted by molar-refractivity contribution is -0.108. The third-order valence-corrected chi connectivity index (χ3v) is 2.71. The van der Waals surface area contributed by atoms with E-state index in [0.29, 0.717) is 12.3 Å². The highest BCUT2D eigenvalue weighted by Gasteiger charge is 2.08. The summed E-state index contributed by atoms with van der Waals surface area (Å²) < 4.78 is 5.11. The summed E-state index contributed by atoms with van der Waals surface area (Å²) in [6.45, 7) is 2.15. The van der Waals surface area contributed by atoms with Crippen molar-refractivity contribution in [1.82, 2.24) is 0 Å². The Morgan fingerprint density at radius 1 is 1.33 bits per heavy atom. The molecule has 0 radical (unpaired) electrons. The highest BCUT2D eigenvalue weighted by molar-refractivity contribution is 5.49. The molecule has 2 nitrogen and oxygen atoms in total. The van der Waals surface area contributed by atoms with E-state index in [9.17, 15) is 4.79 Å². The number of aldehydes is 1. The summed E-state index contributed by atoms with van der Waals surface area (Å²) in [6.07, 6.45) is 3.64. The maximum atomic E-state index is 10.3. The Labute approximate surface area is 91.3 Å². The molecule has 0 unspecified atom stereocenters. The Balaban J connectivity index is 2.69. The SMILES string of the molecule is CC[C@@H](CCC=O)c1ccc(OC)cc1. The molecule has 0 N–H and O–H groups in total. The number of benzene rings is 1. The largest absolute Gasteiger partial charge is 0.497 e. The third kappa shape index (κ3) is 3.39. The molecule has 0 fully saturated rings. The fraction of sp³-hybridized carbons (Fsp3) is 0.462. The summed E-state index contributed by atoms with van der Waals surface area (Å²) in [5.41, 5.74) is 1.29. The van der Waals surface area contributed by atoms with Crippen LogP contribution in [-0.2, 0) is 4.79 Å². The van der Waals surface area contributed by atoms with Gasteiger partial charge in [-0.25, -0.2) is 0 Å². The topological polar surface area (TPSA) is 26.3 Å². The Morgan fingerprint density at radius 3 is 2.47 bits per heavy atom. The minimum atomic E-state index is 0.487. The Hall–Kier alpha value is -1.31. The quantitative estimate of drug-likeness (QED) is 0.668. The van der Waals surface area contributed by atoms with Gasteiger partial charge in [0.05, 0.1) is 7.11 Å². The lowest BCUT2D eigenvalue weighted by Gasteiger charge is -2.14. The van der Waals surface area contributed by atoms with E-state index in [-0.39, 0.29) is 0 Å². The average Bonchev–Trinajstić information content (AvgIpc) is 2.31. The summed E-state index contributed by atoms with van der Waals surface area (Å²) in [4.78, 5) is 10.3. The summed E-state index contributed by atoms with van der Waals surface area (Å²) in [7, 11) is 1.67. The first-order chi connectivity index (χ1) is 7.31. The number of ether oxygens (including phenoxy) is 1. The molecule has 0 aromatic heterocycles. The van der Waals surface area contributed by atoms with Crippen molar-refractivity contribution in [3.8, 4) is 5.75 Å². The van der Waals surface area contributed by atoms with Gasteiger partial charge < -0.3 is 9.53 Å². The van der Waals surface area contributed by atoms with Gasteiger partial charge in [-0.05, 0) is 36.5 Å². The Kier molecular flexibility index (Phi) is 4.88. The number of carbonyl (C=O) groups is 1. The molecule has 0 saturated carbocycles. The van der Waals surface area contributed by atoms with Crippen LogP contribution in [0.25, 0.3) is 0 Å². The zero-order valence-corrected chi connectivity index (χ0v) is 9.40. The molecule has 15 heavy (non-hydrogen) atoms. The van der Waals surface area contributed by atoms with Crippen molar-refractivity contribution >= 4 is 6.29 Å². The predicted octanol–water partition coefficient (Wildman–Crippen LogP) is 3.17. The molecule has 0 bridgehead atoms. The van der Waals surface area contributed by atoms with Crippen LogP contribution < -0.4 is 4.74 Å². The van der Waals surface area contributed by atoms with Gasteiger partial charge in [-0.1, -0.05) is 19.1 Å². The molecule has 0 aliphatic heterocycles. The van der Waals surface area contributed by atoms with E-state index < -0.39 is 0 Å². The van der Waals surface area contributed by atoms with Crippen LogP contribution in [0.5, 0.6) is 5.75 Å². The number of hydrogen-bond acceptors (Lipinski definition) is 2. The molecule has 0 aliphatic carbocycles. The van der Waals surface area contributed by atoms with Crippen LogP contribution in [0, 0.1) is 0 Å². The van der Waals surface area contributed by atoms with Crippen molar-refractivity contribution in [2.24, 2.45) is 0 Å². The summed E-state index contributed by atoms with van der Waals surface area (Å²) in [6, 6.07) is 8.10. The summed E-state index contributed by atoms with van der Waals surface area (Å²) in [5, 5.41) is 0. The van der Waals surface area contributed by atoms with Crippen LogP contribution in [0.1, 0.15) is 37.7 Å². The number of hydrogen-bond donors (Lipinski definition) is 0. The first-order valence-electron chi connectivity index (χ1n) is 5.39. The van der Waals surface area contributed by atoms with Gasteiger partial charge in [-0.15, -0.1) is 0 Å². The van der Waals surface area contributed by atoms with Gasteiger partial charge in [0.1, 0.15) is 12.0 Å². The maximum absolute atomic E-state index is 10.3. The number of rotatable bonds is 6. The van der Waals surface area contributed by atoms with Crippen LogP contribution in [-0.4, -0.2) is 13.4 Å². The van der Waals surface area contributed by atoms with Crippen molar-refractivity contribution in [3.05, 3.63) is 29.8 Å². The standard InChI is InChI=1S/C13H18O2/c1-3-11(5-4-10-14)12-6-8-13(15-2)9-7-12/h6-11H,3-5H2,1-2H3/t11-/m0/s1. The van der Waals surface area contributed by atoms with Gasteiger partial charge >= 0.3 is 0 Å². The van der Waals surface area contributed by atoms with E-state index >= 15 is 0 Å². The zero-order valence-electron chi connectivity index (χ0n) is 9.40. The lowest BCUT2D eigenvalue weighted by atomic mass is 9.92. The third-order valence-electron chi connectivity index (χ3n) is 2.71. The molecular weight excluding hydrogens is 188 g/mol. The van der Waals surface area contributed by atoms with E-state index in [4.69, 9.17) is 4.74 Å². The lowest BCUT2D eigenvalue weighted by Crippen LogP contribution is -1.97. The normalized spacial score (nSPS) is 12.1. The first-order valence-corrected chi connectivity index (χ1v) is 5.39. The van der Waals surface area contributed by atoms with Crippen molar-refractivity contribution in [2.75, 3.05) is 7.11 Å². The fourth-order valence-electron chi connectivity index (χ4n) is 1.75. The van der Waals surface area contributed by atoms with Crippen molar-refractivity contribution in [3.63, 3.8) is 0 Å². The fourth-order valence-corrected chi connectivity index (χ4v) is 1.75. The minimum absolute atomic E-state index is 0.487. The molecular formula is C13H18O2. The minimum Gasteiger partial charge on any atom is -0.497 e. The molecule has 0 amide bonds. The molecule has 82 valence electrons. The summed E-state index contributed by atoms with van der Waals surface area (Å²) >= 11 is 0. The first kappa shape index (κ1) is 11.8. The van der Waals surface area contributed by atoms with E-state index in [1.165, 1.54) is 5.56 Å². The van der Waals surface area contributed by atoms with Crippen LogP contribution in [0.3, 0.4) is 0 Å². The molecule has 1 aromatic rings. The Bertz CT molecular complexity index is 290. The molecule has 0 saturated heterocycles. The van der Waals surface area contributed by atoms with Crippen molar-refractivity contribution < 1.29 is 9.53 Å². The summed E-state index contributed by atoms with van der Waals surface area (Å²) in [5.74, 6) is 1.37. The zero-order chi connectivity index (χ0) is 11.1. The van der Waals surface area contributed by atoms with E-state index in [0.717, 1.165) is 24.9 Å². The number of carbonyl (C=O) groups excluding carboxylic acids is 1. The monoisotopic (exact) mass is 206 g/mol. The molecule has 1 rings (SSSR count). The van der Waals surface area contributed by atoms with Crippen molar-refractivity contribution in [2.45, 2.75) is 32.1 Å². The van der Waals surface area contributed by atoms with E-state index in [1.807, 2.05) is 12.1 Å². The van der Waals surface area contributed by atoms with Crippen molar-refractivity contribution in [1.29, 1.82) is 0 Å². The maximum Gasteiger partial charge on any atom is 0.120 e.